The SMILES string of the molecule is Cc1cccc(-n2nc(CC(=O)Nc3ccc(S(C)(=O)=O)cc3F)cc2-c2ccc3ncsc3c2)n1. The monoisotopic (exact) mass is 521 g/mol. The van der Waals surface area contributed by atoms with E-state index in [1.54, 1.807) is 16.3 Å². The minimum Gasteiger partial charge on any atom is -0.323 e. The second kappa shape index (κ2) is 9.25. The molecule has 0 aliphatic rings. The number of hydrogen-bond donors (Lipinski definition) is 1. The number of pyridine rings is 1. The minimum absolute atomic E-state index is 0.108. The van der Waals surface area contributed by atoms with E-state index in [0.29, 0.717) is 11.5 Å². The van der Waals surface area contributed by atoms with Crippen molar-refractivity contribution in [2.75, 3.05) is 11.6 Å². The third kappa shape index (κ3) is 4.88. The Hall–Kier alpha value is -3.96. The van der Waals surface area contributed by atoms with Gasteiger partial charge in [-0.3, -0.25) is 4.79 Å². The lowest BCUT2D eigenvalue weighted by molar-refractivity contribution is -0.115. The highest BCUT2D eigenvalue weighted by atomic mass is 32.2. The van der Waals surface area contributed by atoms with Gasteiger partial charge in [0, 0.05) is 17.5 Å². The van der Waals surface area contributed by atoms with E-state index in [9.17, 15) is 17.6 Å². The van der Waals surface area contributed by atoms with Crippen LogP contribution in [0, 0.1) is 12.7 Å². The van der Waals surface area contributed by atoms with Gasteiger partial charge in [-0.2, -0.15) is 5.10 Å². The van der Waals surface area contributed by atoms with Crippen LogP contribution in [-0.2, 0) is 21.1 Å². The van der Waals surface area contributed by atoms with Gasteiger partial charge in [0.1, 0.15) is 5.82 Å². The first-order valence-corrected chi connectivity index (χ1v) is 13.6. The molecule has 1 amide bonds. The molecule has 3 heterocycles. The summed E-state index contributed by atoms with van der Waals surface area (Å²) in [6, 6.07) is 16.6. The van der Waals surface area contributed by atoms with Crippen LogP contribution in [-0.4, -0.2) is 40.3 Å². The number of aromatic nitrogens is 4. The number of nitrogens with one attached hydrogen (secondary N) is 1. The zero-order chi connectivity index (χ0) is 25.4. The molecule has 0 spiro atoms. The number of halogens is 1. The second-order valence-electron chi connectivity index (χ2n) is 8.24. The largest absolute Gasteiger partial charge is 0.323 e. The number of hydrogen-bond acceptors (Lipinski definition) is 7. The lowest BCUT2D eigenvalue weighted by atomic mass is 10.1. The number of nitrogens with zero attached hydrogens (tertiary/aromatic N) is 4. The Morgan fingerprint density at radius 1 is 1.11 bits per heavy atom. The van der Waals surface area contributed by atoms with Crippen molar-refractivity contribution in [1.82, 2.24) is 19.7 Å². The molecule has 0 aliphatic heterocycles. The number of fused-ring (bicyclic) bond motifs is 1. The Morgan fingerprint density at radius 2 is 1.94 bits per heavy atom. The van der Waals surface area contributed by atoms with Crippen LogP contribution >= 0.6 is 11.3 Å². The number of aryl methyl sites for hydroxylation is 1. The van der Waals surface area contributed by atoms with Crippen molar-refractivity contribution in [3.8, 4) is 17.1 Å². The first-order chi connectivity index (χ1) is 17.2. The van der Waals surface area contributed by atoms with Crippen molar-refractivity contribution >= 4 is 43.0 Å². The van der Waals surface area contributed by atoms with Crippen molar-refractivity contribution in [2.45, 2.75) is 18.2 Å². The van der Waals surface area contributed by atoms with Gasteiger partial charge >= 0.3 is 0 Å². The molecule has 182 valence electrons. The Kier molecular flexibility index (Phi) is 6.10. The molecular weight excluding hydrogens is 501 g/mol. The summed E-state index contributed by atoms with van der Waals surface area (Å²) in [7, 11) is -3.56. The first-order valence-electron chi connectivity index (χ1n) is 10.8. The van der Waals surface area contributed by atoms with Crippen LogP contribution in [0.5, 0.6) is 0 Å². The van der Waals surface area contributed by atoms with Gasteiger partial charge in [-0.25, -0.2) is 27.5 Å². The van der Waals surface area contributed by atoms with E-state index in [-0.39, 0.29) is 17.0 Å². The van der Waals surface area contributed by atoms with Crippen LogP contribution in [0.25, 0.3) is 27.3 Å². The summed E-state index contributed by atoms with van der Waals surface area (Å²) < 4.78 is 40.4. The summed E-state index contributed by atoms with van der Waals surface area (Å²) in [6.07, 6.45) is 0.867. The molecule has 5 rings (SSSR count). The van der Waals surface area contributed by atoms with Gasteiger partial charge in [0.05, 0.1) is 44.1 Å². The fourth-order valence-electron chi connectivity index (χ4n) is 3.74. The zero-order valence-electron chi connectivity index (χ0n) is 19.3. The highest BCUT2D eigenvalue weighted by Crippen LogP contribution is 2.29. The lowest BCUT2D eigenvalue weighted by Crippen LogP contribution is -2.16. The third-order valence-electron chi connectivity index (χ3n) is 5.46. The molecule has 5 aromatic rings. The molecule has 0 saturated heterocycles. The lowest BCUT2D eigenvalue weighted by Gasteiger charge is -2.08. The number of benzene rings is 2. The van der Waals surface area contributed by atoms with Gasteiger partial charge in [0.25, 0.3) is 0 Å². The Balaban J connectivity index is 1.46. The number of rotatable bonds is 6. The van der Waals surface area contributed by atoms with Gasteiger partial charge < -0.3 is 5.32 Å². The highest BCUT2D eigenvalue weighted by molar-refractivity contribution is 7.90. The molecule has 0 atom stereocenters. The molecule has 8 nitrogen and oxygen atoms in total. The van der Waals surface area contributed by atoms with Crippen LogP contribution in [0.3, 0.4) is 0 Å². The zero-order valence-corrected chi connectivity index (χ0v) is 20.9. The Morgan fingerprint density at radius 3 is 2.69 bits per heavy atom. The standard InChI is InChI=1S/C25H20FN5O3S2/c1-15-4-3-5-24(28-15)31-22(16-6-8-21-23(10-16)35-14-27-21)11-17(30-31)12-25(32)29-20-9-7-18(13-19(20)26)36(2,33)34/h3-11,13-14H,12H2,1-2H3,(H,29,32). The molecule has 2 aromatic carbocycles. The topological polar surface area (TPSA) is 107 Å². The summed E-state index contributed by atoms with van der Waals surface area (Å²) in [5, 5.41) is 7.12. The van der Waals surface area contributed by atoms with E-state index in [0.717, 1.165) is 39.5 Å². The normalized spacial score (nSPS) is 11.6. The minimum atomic E-state index is -3.56. The van der Waals surface area contributed by atoms with Crippen molar-refractivity contribution in [1.29, 1.82) is 0 Å². The predicted molar refractivity (Wildman–Crippen MR) is 137 cm³/mol. The maximum absolute atomic E-state index is 14.4. The van der Waals surface area contributed by atoms with Crippen molar-refractivity contribution in [3.05, 3.63) is 83.4 Å². The summed E-state index contributed by atoms with van der Waals surface area (Å²) in [5.74, 6) is -0.727. The van der Waals surface area contributed by atoms with E-state index in [1.807, 2.05) is 43.3 Å². The maximum atomic E-state index is 14.4. The van der Waals surface area contributed by atoms with Crippen molar-refractivity contribution in [3.63, 3.8) is 0 Å². The van der Waals surface area contributed by atoms with E-state index < -0.39 is 21.6 Å². The average molecular weight is 522 g/mol. The Labute approximate surface area is 210 Å². The fourth-order valence-corrected chi connectivity index (χ4v) is 5.09. The summed E-state index contributed by atoms with van der Waals surface area (Å²) in [5.41, 5.74) is 5.48. The molecule has 0 saturated carbocycles. The number of anilines is 1. The van der Waals surface area contributed by atoms with Crippen molar-refractivity contribution < 1.29 is 17.6 Å². The molecule has 0 bridgehead atoms. The second-order valence-corrected chi connectivity index (χ2v) is 11.1. The van der Waals surface area contributed by atoms with Gasteiger partial charge in [0.15, 0.2) is 15.7 Å². The number of carbonyl (C=O) groups excluding carboxylic acids is 1. The van der Waals surface area contributed by atoms with E-state index in [1.165, 1.54) is 23.5 Å². The quantitative estimate of drug-likeness (QED) is 0.351. The molecule has 11 heteroatoms. The van der Waals surface area contributed by atoms with Gasteiger partial charge in [-0.1, -0.05) is 12.1 Å². The van der Waals surface area contributed by atoms with Crippen LogP contribution in [0.1, 0.15) is 11.4 Å². The fraction of sp³-hybridized carbons (Fsp3) is 0.120. The molecule has 0 radical (unpaired) electrons. The first kappa shape index (κ1) is 23.8. The van der Waals surface area contributed by atoms with Crippen LogP contribution in [0.2, 0.25) is 0 Å². The molecule has 3 aromatic heterocycles. The summed E-state index contributed by atoms with van der Waals surface area (Å²) in [6.45, 7) is 1.88. The molecule has 36 heavy (non-hydrogen) atoms. The summed E-state index contributed by atoms with van der Waals surface area (Å²) >= 11 is 1.53. The maximum Gasteiger partial charge on any atom is 0.230 e. The van der Waals surface area contributed by atoms with Crippen LogP contribution < -0.4 is 5.32 Å². The van der Waals surface area contributed by atoms with Crippen molar-refractivity contribution in [2.24, 2.45) is 0 Å². The number of sulfone groups is 1. The third-order valence-corrected chi connectivity index (χ3v) is 7.36. The highest BCUT2D eigenvalue weighted by Gasteiger charge is 2.18. The predicted octanol–water partition coefficient (Wildman–Crippen LogP) is 4.58. The van der Waals surface area contributed by atoms with Crippen LogP contribution in [0.15, 0.2) is 71.1 Å². The molecule has 0 aliphatic carbocycles. The molecule has 0 fully saturated rings. The molecule has 0 unspecified atom stereocenters. The smallest absolute Gasteiger partial charge is 0.230 e. The van der Waals surface area contributed by atoms with Gasteiger partial charge in [-0.15, -0.1) is 11.3 Å². The summed E-state index contributed by atoms with van der Waals surface area (Å²) in [4.78, 5) is 21.5. The molecular formula is C25H20FN5O3S2. The van der Waals surface area contributed by atoms with E-state index >= 15 is 0 Å². The number of thiazole rings is 1. The molecule has 1 N–H and O–H groups in total. The van der Waals surface area contributed by atoms with Crippen LogP contribution in [0.4, 0.5) is 10.1 Å². The van der Waals surface area contributed by atoms with Gasteiger partial charge in [0.2, 0.25) is 5.91 Å². The number of carbonyl (C=O) groups is 1. The number of amides is 1. The van der Waals surface area contributed by atoms with Gasteiger partial charge in [-0.05, 0) is 55.5 Å². The Bertz CT molecular complexity index is 1730. The van der Waals surface area contributed by atoms with E-state index in [4.69, 9.17) is 0 Å². The average Bonchev–Trinajstić information content (AvgIpc) is 3.46. The van der Waals surface area contributed by atoms with E-state index in [2.05, 4.69) is 20.4 Å².